The van der Waals surface area contributed by atoms with E-state index >= 15 is 8.78 Å². The Morgan fingerprint density at radius 1 is 1.09 bits per heavy atom. The highest BCUT2D eigenvalue weighted by Crippen LogP contribution is 2.40. The molecule has 2 heterocycles. The second-order valence-electron chi connectivity index (χ2n) is 13.0. The molecule has 1 saturated carbocycles. The van der Waals surface area contributed by atoms with Gasteiger partial charge in [-0.2, -0.15) is 5.26 Å². The van der Waals surface area contributed by atoms with Gasteiger partial charge in [-0.25, -0.2) is 8.78 Å². The van der Waals surface area contributed by atoms with Crippen LogP contribution in [0.1, 0.15) is 71.1 Å². The number of carbonyl (C=O) groups excluding carboxylic acids is 2. The van der Waals surface area contributed by atoms with Crippen molar-refractivity contribution in [2.75, 3.05) is 19.7 Å². The van der Waals surface area contributed by atoms with Gasteiger partial charge in [0.05, 0.1) is 5.71 Å². The van der Waals surface area contributed by atoms with Gasteiger partial charge in [0.15, 0.2) is 35.4 Å². The molecule has 0 bridgehead atoms. The van der Waals surface area contributed by atoms with Crippen LogP contribution in [0, 0.1) is 48.7 Å². The zero-order chi connectivity index (χ0) is 32.4. The van der Waals surface area contributed by atoms with Crippen molar-refractivity contribution in [1.82, 2.24) is 5.32 Å². The molecule has 1 saturated heterocycles. The summed E-state index contributed by atoms with van der Waals surface area (Å²) in [5, 5.41) is 11.9. The number of hydrogen-bond acceptors (Lipinski definition) is 6. The van der Waals surface area contributed by atoms with E-state index < -0.39 is 11.5 Å². The molecular weight excluding hydrogens is 584 g/mol. The second kappa shape index (κ2) is 13.3. The first kappa shape index (κ1) is 31.7. The molecule has 2 aliphatic heterocycles. The Kier molecular flexibility index (Phi) is 9.15. The van der Waals surface area contributed by atoms with E-state index in [4.69, 9.17) is 15.0 Å². The quantitative estimate of drug-likeness (QED) is 0.300. The van der Waals surface area contributed by atoms with Crippen molar-refractivity contribution in [3.8, 4) is 11.8 Å². The first-order valence-electron chi connectivity index (χ1n) is 16.2. The Balaban J connectivity index is 1.08. The third kappa shape index (κ3) is 6.13. The van der Waals surface area contributed by atoms with E-state index in [1.54, 1.807) is 19.2 Å². The minimum absolute atomic E-state index is 0.0599. The number of ether oxygens (including phenoxy) is 1. The lowest BCUT2D eigenvalue weighted by atomic mass is 9.72. The molecule has 2 aromatic rings. The van der Waals surface area contributed by atoms with Crippen LogP contribution in [-0.4, -0.2) is 42.6 Å². The molecule has 46 heavy (non-hydrogen) atoms. The molecule has 238 valence electrons. The predicted octanol–water partition coefficient (Wildman–Crippen LogP) is 7.15. The lowest BCUT2D eigenvalue weighted by Crippen LogP contribution is -2.47. The van der Waals surface area contributed by atoms with Crippen molar-refractivity contribution >= 4 is 22.9 Å². The zero-order valence-corrected chi connectivity index (χ0v) is 26.4. The molecule has 1 atom stereocenters. The monoisotopic (exact) mass is 623 g/mol. The van der Waals surface area contributed by atoms with Gasteiger partial charge in [0, 0.05) is 42.4 Å². The second-order valence-corrected chi connectivity index (χ2v) is 13.0. The molecule has 2 fully saturated rings. The number of nitriles is 1. The molecular formula is C38H39F2N3O3. The highest BCUT2D eigenvalue weighted by molar-refractivity contribution is 6.13. The average molecular weight is 624 g/mol. The number of benzene rings is 2. The smallest absolute Gasteiger partial charge is 0.174 e. The standard InChI is InChI=1S/C38H39F2N3O3/c1-23-20-25(6-11-29(23)36(44)26-7-9-27(10-8-26)37(45)38(40)14-17-42-18-15-38)21-28-4-3-5-31-32(22-43-35(28)31)30-12-13-33(46-19-16-41)34(39)24(30)2/h3-6,11-13,20,22,26-27,31,42H,7-10,14-15,17-19,21H2,1-2H3. The van der Waals surface area contributed by atoms with Gasteiger partial charge in [0.25, 0.3) is 0 Å². The van der Waals surface area contributed by atoms with Crippen molar-refractivity contribution < 1.29 is 23.1 Å². The van der Waals surface area contributed by atoms with Crippen molar-refractivity contribution in [1.29, 1.82) is 5.26 Å². The first-order chi connectivity index (χ1) is 22.2. The largest absolute Gasteiger partial charge is 0.476 e. The van der Waals surface area contributed by atoms with Crippen LogP contribution in [0.4, 0.5) is 8.78 Å². The molecule has 2 aromatic carbocycles. The molecule has 6 rings (SSSR count). The maximum Gasteiger partial charge on any atom is 0.174 e. The van der Waals surface area contributed by atoms with Crippen LogP contribution in [-0.2, 0) is 11.2 Å². The fourth-order valence-electron chi connectivity index (χ4n) is 7.48. The van der Waals surface area contributed by atoms with E-state index in [1.807, 2.05) is 37.3 Å². The topological polar surface area (TPSA) is 91.5 Å². The van der Waals surface area contributed by atoms with Crippen LogP contribution in [0.15, 0.2) is 65.3 Å². The number of rotatable bonds is 9. The number of nitrogens with zero attached hydrogens (tertiary/aromatic N) is 2. The molecule has 0 aromatic heterocycles. The van der Waals surface area contributed by atoms with E-state index in [-0.39, 0.29) is 54.5 Å². The Labute approximate surface area is 268 Å². The van der Waals surface area contributed by atoms with Gasteiger partial charge in [-0.15, -0.1) is 0 Å². The predicted molar refractivity (Wildman–Crippen MR) is 174 cm³/mol. The first-order valence-corrected chi connectivity index (χ1v) is 16.2. The molecule has 2 aliphatic carbocycles. The number of ketones is 2. The Bertz CT molecular complexity index is 1720. The van der Waals surface area contributed by atoms with Crippen molar-refractivity contribution in [2.24, 2.45) is 22.7 Å². The Morgan fingerprint density at radius 3 is 2.54 bits per heavy atom. The molecule has 4 aliphatic rings. The number of aliphatic imine (C=N–C) groups is 1. The van der Waals surface area contributed by atoms with Crippen molar-refractivity contribution in [2.45, 2.75) is 64.5 Å². The summed E-state index contributed by atoms with van der Waals surface area (Å²) in [6, 6.07) is 11.2. The number of nitrogens with one attached hydrogen (secondary N) is 1. The van der Waals surface area contributed by atoms with Crippen LogP contribution in [0.3, 0.4) is 0 Å². The van der Waals surface area contributed by atoms with Gasteiger partial charge in [0.1, 0.15) is 6.07 Å². The van der Waals surface area contributed by atoms with Crippen LogP contribution in [0.25, 0.3) is 5.57 Å². The number of alkyl halides is 1. The number of carbonyl (C=O) groups is 2. The zero-order valence-electron chi connectivity index (χ0n) is 26.4. The molecule has 0 radical (unpaired) electrons. The summed E-state index contributed by atoms with van der Waals surface area (Å²) in [5.41, 5.74) is 5.06. The van der Waals surface area contributed by atoms with E-state index in [0.717, 1.165) is 33.5 Å². The molecule has 1 unspecified atom stereocenters. The third-order valence-electron chi connectivity index (χ3n) is 10.1. The van der Waals surface area contributed by atoms with E-state index in [0.29, 0.717) is 56.3 Å². The van der Waals surface area contributed by atoms with E-state index in [1.165, 1.54) is 0 Å². The molecule has 6 nitrogen and oxygen atoms in total. The number of piperidine rings is 1. The highest BCUT2D eigenvalue weighted by Gasteiger charge is 2.44. The molecule has 0 spiro atoms. The lowest BCUT2D eigenvalue weighted by molar-refractivity contribution is -0.137. The number of fused-ring (bicyclic) bond motifs is 1. The van der Waals surface area contributed by atoms with Gasteiger partial charge in [-0.05, 0) is 98.5 Å². The number of halogens is 2. The summed E-state index contributed by atoms with van der Waals surface area (Å²) in [7, 11) is 0. The normalized spacial score (nSPS) is 23.5. The van der Waals surface area contributed by atoms with Crippen molar-refractivity contribution in [3.63, 3.8) is 0 Å². The number of Topliss-reactive ketones (excluding diaryl/α,β-unsaturated/α-hetero) is 2. The fourth-order valence-corrected chi connectivity index (χ4v) is 7.48. The fraction of sp³-hybridized carbons (Fsp3) is 0.421. The van der Waals surface area contributed by atoms with Gasteiger partial charge in [0.2, 0.25) is 0 Å². The number of allylic oxidation sites excluding steroid dienone is 5. The summed E-state index contributed by atoms with van der Waals surface area (Å²) in [5.74, 6) is -1.12. The average Bonchev–Trinajstić information content (AvgIpc) is 3.50. The maximum absolute atomic E-state index is 15.3. The summed E-state index contributed by atoms with van der Waals surface area (Å²) >= 11 is 0. The minimum Gasteiger partial charge on any atom is -0.476 e. The molecule has 8 heteroatoms. The maximum atomic E-state index is 15.3. The van der Waals surface area contributed by atoms with Crippen LogP contribution in [0.2, 0.25) is 0 Å². The van der Waals surface area contributed by atoms with Crippen LogP contribution >= 0.6 is 0 Å². The van der Waals surface area contributed by atoms with E-state index in [2.05, 4.69) is 23.5 Å². The summed E-state index contributed by atoms with van der Waals surface area (Å²) < 4.78 is 35.5. The van der Waals surface area contributed by atoms with Gasteiger partial charge >= 0.3 is 0 Å². The molecule has 1 N–H and O–H groups in total. The Morgan fingerprint density at radius 2 is 1.83 bits per heavy atom. The van der Waals surface area contributed by atoms with Crippen LogP contribution in [0.5, 0.6) is 5.75 Å². The lowest BCUT2D eigenvalue weighted by Gasteiger charge is -2.34. The van der Waals surface area contributed by atoms with Gasteiger partial charge in [-0.1, -0.05) is 42.5 Å². The number of hydrogen-bond donors (Lipinski definition) is 1. The summed E-state index contributed by atoms with van der Waals surface area (Å²) in [4.78, 5) is 31.3. The summed E-state index contributed by atoms with van der Waals surface area (Å²) in [6.07, 6.45) is 11.4. The van der Waals surface area contributed by atoms with Gasteiger partial charge in [-0.3, -0.25) is 14.6 Å². The minimum atomic E-state index is -1.72. The molecule has 0 amide bonds. The van der Waals surface area contributed by atoms with Gasteiger partial charge < -0.3 is 10.1 Å². The highest BCUT2D eigenvalue weighted by atomic mass is 19.1. The van der Waals surface area contributed by atoms with E-state index in [9.17, 15) is 9.59 Å². The van der Waals surface area contributed by atoms with Crippen molar-refractivity contribution in [3.05, 3.63) is 94.0 Å². The third-order valence-corrected chi connectivity index (χ3v) is 10.1. The SMILES string of the molecule is Cc1cc(CC2=CC=CC3C(c4ccc(OCC#N)c(F)c4C)=CN=C23)ccc1C(=O)C1CCC(C(=O)C2(F)CCNCC2)CC1. The number of aryl methyl sites for hydroxylation is 1. The Hall–Kier alpha value is -4.22. The summed E-state index contributed by atoms with van der Waals surface area (Å²) in [6.45, 7) is 4.51. The van der Waals surface area contributed by atoms with Crippen LogP contribution < -0.4 is 10.1 Å².